The monoisotopic (exact) mass is 359 g/mol. The van der Waals surface area contributed by atoms with Gasteiger partial charge in [0, 0.05) is 29.1 Å². The molecule has 3 heterocycles. The third kappa shape index (κ3) is 2.30. The first-order valence-electron chi connectivity index (χ1n) is 8.92. The maximum absolute atomic E-state index is 13.2. The van der Waals surface area contributed by atoms with Crippen molar-refractivity contribution in [3.8, 4) is 0 Å². The number of benzene rings is 2. The van der Waals surface area contributed by atoms with Crippen LogP contribution >= 0.6 is 0 Å². The molecule has 0 saturated carbocycles. The van der Waals surface area contributed by atoms with Crippen LogP contribution in [0.2, 0.25) is 0 Å². The van der Waals surface area contributed by atoms with Crippen molar-refractivity contribution < 1.29 is 14.4 Å². The van der Waals surface area contributed by atoms with Crippen molar-refractivity contribution in [2.75, 3.05) is 6.54 Å². The molecule has 1 aromatic heterocycles. The molecule has 0 spiro atoms. The van der Waals surface area contributed by atoms with E-state index in [4.69, 9.17) is 0 Å². The highest BCUT2D eigenvalue weighted by Gasteiger charge is 2.52. The molecule has 3 aromatic rings. The summed E-state index contributed by atoms with van der Waals surface area (Å²) in [5.74, 6) is -1.53. The quantitative estimate of drug-likeness (QED) is 0.715. The Morgan fingerprint density at radius 2 is 1.63 bits per heavy atom. The Balaban J connectivity index is 1.61. The highest BCUT2D eigenvalue weighted by Crippen LogP contribution is 2.41. The first-order chi connectivity index (χ1) is 13.1. The molecule has 6 nitrogen and oxygen atoms in total. The van der Waals surface area contributed by atoms with Crippen LogP contribution in [0.3, 0.4) is 0 Å². The number of hydrogen-bond acceptors (Lipinski definition) is 3. The summed E-state index contributed by atoms with van der Waals surface area (Å²) >= 11 is 0. The number of carbonyl (C=O) groups excluding carboxylic acids is 3. The minimum atomic E-state index is -0.884. The van der Waals surface area contributed by atoms with E-state index in [-0.39, 0.29) is 30.6 Å². The molecule has 6 heteroatoms. The Hall–Kier alpha value is -3.41. The number of Topliss-reactive ketones (excluding diaryl/α,β-unsaturated/α-hetero) is 1. The standard InChI is InChI=1S/C21H17N3O3/c25-14-10-18(16-11-22-17-9-5-4-8-15(16)17)24-21(27)19(20(26)23(24)12-14)13-6-2-1-3-7-13/h1-9,11,18-19,22H,10,12H2/t18-,19?/m1/s1. The highest BCUT2D eigenvalue weighted by atomic mass is 16.2. The lowest BCUT2D eigenvalue weighted by Gasteiger charge is -2.38. The zero-order valence-corrected chi connectivity index (χ0v) is 14.5. The number of carbonyl (C=O) groups is 3. The van der Waals surface area contributed by atoms with Crippen molar-refractivity contribution in [2.24, 2.45) is 0 Å². The fourth-order valence-corrected chi connectivity index (χ4v) is 4.16. The number of H-pyrrole nitrogens is 1. The van der Waals surface area contributed by atoms with Crippen LogP contribution in [0.5, 0.6) is 0 Å². The summed E-state index contributed by atoms with van der Waals surface area (Å²) in [6.07, 6.45) is 2.04. The van der Waals surface area contributed by atoms with Crippen LogP contribution in [0, 0.1) is 0 Å². The van der Waals surface area contributed by atoms with Crippen LogP contribution < -0.4 is 0 Å². The number of amides is 2. The van der Waals surface area contributed by atoms with Crippen LogP contribution in [0.25, 0.3) is 10.9 Å². The van der Waals surface area contributed by atoms with Gasteiger partial charge in [0.2, 0.25) is 0 Å². The molecule has 2 fully saturated rings. The van der Waals surface area contributed by atoms with Gasteiger partial charge in [0.15, 0.2) is 5.78 Å². The van der Waals surface area contributed by atoms with E-state index >= 15 is 0 Å². The molecule has 2 aliphatic rings. The maximum Gasteiger partial charge on any atom is 0.258 e. The molecule has 27 heavy (non-hydrogen) atoms. The molecule has 5 rings (SSSR count). The minimum Gasteiger partial charge on any atom is -0.361 e. The Kier molecular flexibility index (Phi) is 3.40. The van der Waals surface area contributed by atoms with Gasteiger partial charge in [-0.3, -0.25) is 14.4 Å². The number of hydrogen-bond donors (Lipinski definition) is 1. The van der Waals surface area contributed by atoms with E-state index in [1.807, 2.05) is 48.7 Å². The van der Waals surface area contributed by atoms with Crippen LogP contribution in [0.15, 0.2) is 60.8 Å². The Morgan fingerprint density at radius 1 is 0.889 bits per heavy atom. The van der Waals surface area contributed by atoms with E-state index < -0.39 is 12.0 Å². The average molecular weight is 359 g/mol. The Bertz CT molecular complexity index is 1070. The maximum atomic E-state index is 13.2. The van der Waals surface area contributed by atoms with E-state index in [1.54, 1.807) is 12.1 Å². The number of para-hydroxylation sites is 1. The van der Waals surface area contributed by atoms with Crippen molar-refractivity contribution in [1.29, 1.82) is 0 Å². The first-order valence-corrected chi connectivity index (χ1v) is 8.92. The lowest BCUT2D eigenvalue weighted by atomic mass is 9.96. The van der Waals surface area contributed by atoms with Crippen molar-refractivity contribution in [3.63, 3.8) is 0 Å². The normalized spacial score (nSPS) is 22.6. The van der Waals surface area contributed by atoms with Gasteiger partial charge in [-0.25, -0.2) is 10.0 Å². The molecule has 2 atom stereocenters. The number of hydrazine groups is 1. The lowest BCUT2D eigenvalue weighted by molar-refractivity contribution is -0.162. The van der Waals surface area contributed by atoms with Crippen molar-refractivity contribution in [1.82, 2.24) is 15.0 Å². The van der Waals surface area contributed by atoms with Gasteiger partial charge in [0.1, 0.15) is 12.5 Å². The second-order valence-electron chi connectivity index (χ2n) is 6.97. The van der Waals surface area contributed by atoms with Crippen molar-refractivity contribution in [3.05, 3.63) is 71.9 Å². The van der Waals surface area contributed by atoms with Crippen molar-refractivity contribution >= 4 is 28.5 Å². The Labute approximate surface area is 155 Å². The minimum absolute atomic E-state index is 0.0450. The summed E-state index contributed by atoms with van der Waals surface area (Å²) in [7, 11) is 0. The van der Waals surface area contributed by atoms with Gasteiger partial charge in [-0.15, -0.1) is 0 Å². The largest absolute Gasteiger partial charge is 0.361 e. The molecule has 134 valence electrons. The number of nitrogens with one attached hydrogen (secondary N) is 1. The topological polar surface area (TPSA) is 73.5 Å². The fourth-order valence-electron chi connectivity index (χ4n) is 4.16. The van der Waals surface area contributed by atoms with Gasteiger partial charge >= 0.3 is 0 Å². The smallest absolute Gasteiger partial charge is 0.258 e. The summed E-state index contributed by atoms with van der Waals surface area (Å²) in [6, 6.07) is 16.3. The molecule has 1 unspecified atom stereocenters. The fraction of sp³-hybridized carbons (Fsp3) is 0.190. The Morgan fingerprint density at radius 3 is 2.44 bits per heavy atom. The molecule has 2 aliphatic heterocycles. The molecule has 2 saturated heterocycles. The summed E-state index contributed by atoms with van der Waals surface area (Å²) < 4.78 is 0. The first kappa shape index (κ1) is 15.8. The molecular formula is C21H17N3O3. The number of aromatic amines is 1. The van der Waals surface area contributed by atoms with Gasteiger partial charge in [-0.2, -0.15) is 0 Å². The predicted octanol–water partition coefficient (Wildman–Crippen LogP) is 2.55. The summed E-state index contributed by atoms with van der Waals surface area (Å²) in [4.78, 5) is 41.8. The molecule has 0 bridgehead atoms. The van der Waals surface area contributed by atoms with Gasteiger partial charge in [-0.05, 0) is 11.6 Å². The zero-order valence-electron chi connectivity index (χ0n) is 14.5. The summed E-state index contributed by atoms with van der Waals surface area (Å²) in [5, 5.41) is 3.79. The average Bonchev–Trinajstić information content (AvgIpc) is 3.22. The second kappa shape index (κ2) is 5.81. The van der Waals surface area contributed by atoms with Gasteiger partial charge < -0.3 is 4.98 Å². The number of nitrogens with zero attached hydrogens (tertiary/aromatic N) is 2. The SMILES string of the molecule is O=C1C[C@H](c2c[nH]c3ccccc23)N2C(=O)C(c3ccccc3)C(=O)N2C1. The molecule has 2 aromatic carbocycles. The molecular weight excluding hydrogens is 342 g/mol. The van der Waals surface area contributed by atoms with E-state index in [2.05, 4.69) is 4.98 Å². The summed E-state index contributed by atoms with van der Waals surface area (Å²) in [5.41, 5.74) is 2.46. The van der Waals surface area contributed by atoms with E-state index in [0.717, 1.165) is 16.5 Å². The molecule has 1 N–H and O–H groups in total. The van der Waals surface area contributed by atoms with E-state index in [9.17, 15) is 14.4 Å². The van der Waals surface area contributed by atoms with Crippen LogP contribution in [0.1, 0.15) is 29.5 Å². The van der Waals surface area contributed by atoms with Gasteiger partial charge in [0.05, 0.1) is 6.04 Å². The third-order valence-corrected chi connectivity index (χ3v) is 5.39. The number of rotatable bonds is 2. The van der Waals surface area contributed by atoms with Gasteiger partial charge in [-0.1, -0.05) is 48.5 Å². The molecule has 2 amide bonds. The number of aromatic nitrogens is 1. The van der Waals surface area contributed by atoms with Crippen LogP contribution in [0.4, 0.5) is 0 Å². The van der Waals surface area contributed by atoms with Crippen LogP contribution in [-0.4, -0.2) is 39.1 Å². The zero-order chi connectivity index (χ0) is 18.5. The lowest BCUT2D eigenvalue weighted by Crippen LogP contribution is -2.50. The van der Waals surface area contributed by atoms with Crippen LogP contribution in [-0.2, 0) is 14.4 Å². The van der Waals surface area contributed by atoms with Crippen molar-refractivity contribution in [2.45, 2.75) is 18.4 Å². The third-order valence-electron chi connectivity index (χ3n) is 5.39. The molecule has 0 radical (unpaired) electrons. The molecule has 0 aliphatic carbocycles. The summed E-state index contributed by atoms with van der Waals surface area (Å²) in [6.45, 7) is -0.0488. The van der Waals surface area contributed by atoms with Gasteiger partial charge in [0.25, 0.3) is 11.8 Å². The van der Waals surface area contributed by atoms with E-state index in [0.29, 0.717) is 5.56 Å². The predicted molar refractivity (Wildman–Crippen MR) is 98.4 cm³/mol. The second-order valence-corrected chi connectivity index (χ2v) is 6.97. The number of ketones is 1. The van der Waals surface area contributed by atoms with E-state index in [1.165, 1.54) is 10.0 Å². The number of fused-ring (bicyclic) bond motifs is 2. The highest BCUT2D eigenvalue weighted by molar-refractivity contribution is 6.12.